The number of hydrogen-bond acceptors (Lipinski definition) is 0. The van der Waals surface area contributed by atoms with E-state index in [2.05, 4.69) is 59.4 Å². The van der Waals surface area contributed by atoms with E-state index < -0.39 is 0 Å². The van der Waals surface area contributed by atoms with Crippen molar-refractivity contribution >= 4 is 0 Å². The van der Waals surface area contributed by atoms with E-state index >= 15 is 0 Å². The van der Waals surface area contributed by atoms with Gasteiger partial charge in [0.2, 0.25) is 0 Å². The van der Waals surface area contributed by atoms with Crippen molar-refractivity contribution in [1.82, 2.24) is 0 Å². The molecule has 0 aliphatic heterocycles. The molecule has 0 fully saturated rings. The molecule has 0 aromatic carbocycles. The topological polar surface area (TPSA) is 0 Å². The van der Waals surface area contributed by atoms with E-state index in [0.29, 0.717) is 5.92 Å². The number of allylic oxidation sites excluding steroid dienone is 7. The fourth-order valence-electron chi connectivity index (χ4n) is 1.14. The molecule has 0 bridgehead atoms. The molecule has 0 nitrogen and oxygen atoms in total. The highest BCUT2D eigenvalue weighted by Gasteiger charge is 2.02. The maximum atomic E-state index is 4.09. The molecule has 0 rings (SSSR count). The molecule has 0 spiro atoms. The second-order valence-corrected chi connectivity index (χ2v) is 4.35. The van der Waals surface area contributed by atoms with Gasteiger partial charge in [0.05, 0.1) is 0 Å². The van der Waals surface area contributed by atoms with E-state index in [1.165, 1.54) is 16.7 Å². The van der Waals surface area contributed by atoms with Gasteiger partial charge in [-0.1, -0.05) is 49.8 Å². The van der Waals surface area contributed by atoms with E-state index in [1.807, 2.05) is 6.92 Å². The van der Waals surface area contributed by atoms with Gasteiger partial charge in [-0.15, -0.1) is 0 Å². The van der Waals surface area contributed by atoms with Crippen molar-refractivity contribution in [2.45, 2.75) is 41.5 Å². The van der Waals surface area contributed by atoms with Gasteiger partial charge in [-0.05, 0) is 44.8 Å². The summed E-state index contributed by atoms with van der Waals surface area (Å²) in [7, 11) is 0. The average Bonchev–Trinajstić information content (AvgIpc) is 2.22. The Kier molecular flexibility index (Phi) is 6.00. The first-order valence-electron chi connectivity index (χ1n) is 5.57. The summed E-state index contributed by atoms with van der Waals surface area (Å²) in [5, 5.41) is 0. The second kappa shape index (κ2) is 6.44. The lowest BCUT2D eigenvalue weighted by molar-refractivity contribution is 0.759. The van der Waals surface area contributed by atoms with Gasteiger partial charge in [0, 0.05) is 0 Å². The predicted molar refractivity (Wildman–Crippen MR) is 70.9 cm³/mol. The quantitative estimate of drug-likeness (QED) is 0.562. The average molecular weight is 204 g/mol. The summed E-state index contributed by atoms with van der Waals surface area (Å²) in [6.07, 6.45) is 6.30. The van der Waals surface area contributed by atoms with E-state index in [9.17, 15) is 0 Å². The van der Waals surface area contributed by atoms with Gasteiger partial charge in [0.25, 0.3) is 0 Å². The molecule has 0 aromatic heterocycles. The van der Waals surface area contributed by atoms with Crippen molar-refractivity contribution in [3.63, 3.8) is 0 Å². The first kappa shape index (κ1) is 14.0. The van der Waals surface area contributed by atoms with Crippen LogP contribution < -0.4 is 0 Å². The number of hydrogen-bond donors (Lipinski definition) is 0. The van der Waals surface area contributed by atoms with Crippen LogP contribution in [0.25, 0.3) is 0 Å². The summed E-state index contributed by atoms with van der Waals surface area (Å²) in [6.45, 7) is 17.0. The third-order valence-electron chi connectivity index (χ3n) is 2.94. The fraction of sp³-hybridized carbons (Fsp3) is 0.467. The van der Waals surface area contributed by atoms with Crippen LogP contribution >= 0.6 is 0 Å². The van der Waals surface area contributed by atoms with Gasteiger partial charge in [-0.3, -0.25) is 0 Å². The lowest BCUT2D eigenvalue weighted by Crippen LogP contribution is -1.94. The van der Waals surface area contributed by atoms with Crippen LogP contribution in [-0.4, -0.2) is 0 Å². The first-order chi connectivity index (χ1) is 6.90. The highest BCUT2D eigenvalue weighted by Crippen LogP contribution is 2.20. The van der Waals surface area contributed by atoms with Crippen molar-refractivity contribution in [3.8, 4) is 0 Å². The summed E-state index contributed by atoms with van der Waals surface area (Å²) in [5.74, 6) is 0.595. The van der Waals surface area contributed by atoms with Crippen LogP contribution in [0.4, 0.5) is 0 Å². The third-order valence-corrected chi connectivity index (χ3v) is 2.94. The second-order valence-electron chi connectivity index (χ2n) is 4.35. The molecule has 0 aromatic rings. The highest BCUT2D eigenvalue weighted by atomic mass is 14.1. The summed E-state index contributed by atoms with van der Waals surface area (Å²) < 4.78 is 0. The van der Waals surface area contributed by atoms with Gasteiger partial charge >= 0.3 is 0 Å². The molecule has 0 heteroatoms. The maximum absolute atomic E-state index is 4.09. The van der Waals surface area contributed by atoms with Crippen LogP contribution in [0.5, 0.6) is 0 Å². The van der Waals surface area contributed by atoms with Crippen LogP contribution in [0.15, 0.2) is 47.1 Å². The van der Waals surface area contributed by atoms with E-state index in [1.54, 1.807) is 0 Å². The van der Waals surface area contributed by atoms with Crippen LogP contribution in [0, 0.1) is 5.92 Å². The van der Waals surface area contributed by atoms with Gasteiger partial charge in [0.15, 0.2) is 0 Å². The van der Waals surface area contributed by atoms with Gasteiger partial charge in [-0.2, -0.15) is 0 Å². The van der Waals surface area contributed by atoms with E-state index in [0.717, 1.165) is 5.57 Å². The minimum absolute atomic E-state index is 0.595. The predicted octanol–water partition coefficient (Wildman–Crippen LogP) is 5.06. The van der Waals surface area contributed by atoms with Crippen molar-refractivity contribution < 1.29 is 0 Å². The zero-order chi connectivity index (χ0) is 12.0. The van der Waals surface area contributed by atoms with Gasteiger partial charge in [-0.25, -0.2) is 0 Å². The van der Waals surface area contributed by atoms with Crippen molar-refractivity contribution in [1.29, 1.82) is 0 Å². The molecule has 0 saturated carbocycles. The van der Waals surface area contributed by atoms with Crippen molar-refractivity contribution in [2.24, 2.45) is 5.92 Å². The molecular formula is C15H24. The molecular weight excluding hydrogens is 180 g/mol. The van der Waals surface area contributed by atoms with Crippen LogP contribution in [0.3, 0.4) is 0 Å². The summed E-state index contributed by atoms with van der Waals surface area (Å²) in [4.78, 5) is 0. The molecule has 0 atom stereocenters. The van der Waals surface area contributed by atoms with E-state index in [-0.39, 0.29) is 0 Å². The molecule has 0 saturated heterocycles. The zero-order valence-corrected chi connectivity index (χ0v) is 11.0. The Morgan fingerprint density at radius 2 is 1.60 bits per heavy atom. The summed E-state index contributed by atoms with van der Waals surface area (Å²) >= 11 is 0. The van der Waals surface area contributed by atoms with Crippen molar-refractivity contribution in [2.75, 3.05) is 0 Å². The maximum Gasteiger partial charge on any atom is -0.0257 e. The molecule has 0 heterocycles. The first-order valence-corrected chi connectivity index (χ1v) is 5.57. The summed E-state index contributed by atoms with van der Waals surface area (Å²) in [5.41, 5.74) is 5.11. The third kappa shape index (κ3) is 4.83. The molecule has 0 radical (unpaired) electrons. The van der Waals surface area contributed by atoms with Gasteiger partial charge < -0.3 is 0 Å². The monoisotopic (exact) mass is 204 g/mol. The van der Waals surface area contributed by atoms with Crippen LogP contribution in [0.1, 0.15) is 41.5 Å². The number of rotatable bonds is 4. The Bertz CT molecular complexity index is 309. The van der Waals surface area contributed by atoms with Gasteiger partial charge in [0.1, 0.15) is 0 Å². The van der Waals surface area contributed by atoms with Crippen LogP contribution in [0.2, 0.25) is 0 Å². The minimum Gasteiger partial charge on any atom is -0.0915 e. The standard InChI is InChI=1S/C15H24/c1-8-12(4)9-10-13(5)15(7)14(6)11(2)3/h8-11H,5H2,1-4,6-7H3/b10-9-,12-8-,15-14-. The zero-order valence-electron chi connectivity index (χ0n) is 11.0. The Hall–Kier alpha value is -1.04. The largest absolute Gasteiger partial charge is 0.0915 e. The normalized spacial score (nSPS) is 14.7. The Labute approximate surface area is 95.1 Å². The molecule has 0 N–H and O–H groups in total. The molecule has 15 heavy (non-hydrogen) atoms. The molecule has 0 aliphatic carbocycles. The summed E-state index contributed by atoms with van der Waals surface area (Å²) in [6, 6.07) is 0. The van der Waals surface area contributed by atoms with E-state index in [4.69, 9.17) is 0 Å². The Morgan fingerprint density at radius 1 is 1.07 bits per heavy atom. The Morgan fingerprint density at radius 3 is 2.00 bits per heavy atom. The lowest BCUT2D eigenvalue weighted by atomic mass is 9.95. The van der Waals surface area contributed by atoms with Crippen LogP contribution in [-0.2, 0) is 0 Å². The molecule has 84 valence electrons. The molecule has 0 amide bonds. The Balaban J connectivity index is 4.75. The smallest absolute Gasteiger partial charge is 0.0257 e. The lowest BCUT2D eigenvalue weighted by Gasteiger charge is -2.11. The molecule has 0 aliphatic rings. The van der Waals surface area contributed by atoms with Crippen molar-refractivity contribution in [3.05, 3.63) is 47.1 Å². The highest BCUT2D eigenvalue weighted by molar-refractivity contribution is 5.41. The SMILES string of the molecule is C=C(/C=C\C(C)=C/C)/C(C)=C(/C)C(C)C. The fourth-order valence-corrected chi connectivity index (χ4v) is 1.14. The minimum atomic E-state index is 0.595. The molecule has 0 unspecified atom stereocenters.